The predicted molar refractivity (Wildman–Crippen MR) is 72.6 cm³/mol. The molecule has 0 radical (unpaired) electrons. The molecule has 1 saturated heterocycles. The Balaban J connectivity index is 2.17. The van der Waals surface area contributed by atoms with Crippen LogP contribution in [0.25, 0.3) is 0 Å². The van der Waals surface area contributed by atoms with Crippen molar-refractivity contribution in [3.05, 3.63) is 23.8 Å². The monoisotopic (exact) mass is 278 g/mol. The van der Waals surface area contributed by atoms with Gasteiger partial charge < -0.3 is 19.7 Å². The lowest BCUT2D eigenvalue weighted by Gasteiger charge is -2.30. The summed E-state index contributed by atoms with van der Waals surface area (Å²) in [5, 5.41) is 2.61. The summed E-state index contributed by atoms with van der Waals surface area (Å²) < 4.78 is 10.4. The van der Waals surface area contributed by atoms with Crippen molar-refractivity contribution in [3.63, 3.8) is 0 Å². The van der Waals surface area contributed by atoms with Crippen LogP contribution in [0.2, 0.25) is 0 Å². The molecule has 1 heterocycles. The molecule has 1 aromatic carbocycles. The Morgan fingerprint density at radius 1 is 1.25 bits per heavy atom. The first-order valence-corrected chi connectivity index (χ1v) is 6.34. The van der Waals surface area contributed by atoms with Crippen LogP contribution in [0.15, 0.2) is 18.2 Å². The summed E-state index contributed by atoms with van der Waals surface area (Å²) in [5.41, 5.74) is 0.887. The molecule has 20 heavy (non-hydrogen) atoms. The van der Waals surface area contributed by atoms with Gasteiger partial charge in [-0.2, -0.15) is 0 Å². The second-order valence-electron chi connectivity index (χ2n) is 4.67. The Kier molecular flexibility index (Phi) is 4.12. The van der Waals surface area contributed by atoms with Gasteiger partial charge in [-0.25, -0.2) is 0 Å². The fraction of sp³-hybridized carbons (Fsp3) is 0.429. The number of methoxy groups -OCH3 is 2. The number of benzene rings is 1. The summed E-state index contributed by atoms with van der Waals surface area (Å²) in [7, 11) is 3.13. The second kappa shape index (κ2) is 5.81. The maximum Gasteiger partial charge on any atom is 0.245 e. The van der Waals surface area contributed by atoms with E-state index in [1.807, 2.05) is 12.1 Å². The number of amides is 2. The van der Waals surface area contributed by atoms with Crippen LogP contribution in [0, 0.1) is 0 Å². The van der Waals surface area contributed by atoms with Crippen molar-refractivity contribution in [1.29, 1.82) is 0 Å². The van der Waals surface area contributed by atoms with Crippen LogP contribution < -0.4 is 14.8 Å². The van der Waals surface area contributed by atoms with Gasteiger partial charge in [0.05, 0.1) is 20.8 Å². The molecule has 6 nitrogen and oxygen atoms in total. The molecule has 2 amide bonds. The molecule has 1 fully saturated rings. The van der Waals surface area contributed by atoms with Gasteiger partial charge in [0.2, 0.25) is 11.8 Å². The summed E-state index contributed by atoms with van der Waals surface area (Å²) >= 11 is 0. The molecule has 1 aliphatic heterocycles. The molecular weight excluding hydrogens is 260 g/mol. The normalized spacial score (nSPS) is 18.8. The number of hydrogen-bond acceptors (Lipinski definition) is 4. The molecule has 0 spiro atoms. The van der Waals surface area contributed by atoms with E-state index in [9.17, 15) is 9.59 Å². The van der Waals surface area contributed by atoms with Crippen LogP contribution in [0.5, 0.6) is 11.5 Å². The zero-order valence-corrected chi connectivity index (χ0v) is 11.8. The summed E-state index contributed by atoms with van der Waals surface area (Å²) in [6.07, 6.45) is 0. The molecule has 108 valence electrons. The molecule has 1 N–H and O–H groups in total. The number of carbonyl (C=O) groups excluding carboxylic acids is 2. The van der Waals surface area contributed by atoms with Gasteiger partial charge in [0.15, 0.2) is 11.5 Å². The van der Waals surface area contributed by atoms with Crippen molar-refractivity contribution < 1.29 is 19.1 Å². The molecule has 1 aromatic rings. The van der Waals surface area contributed by atoms with Gasteiger partial charge in [-0.1, -0.05) is 6.07 Å². The summed E-state index contributed by atoms with van der Waals surface area (Å²) in [6, 6.07) is 4.97. The quantitative estimate of drug-likeness (QED) is 0.873. The van der Waals surface area contributed by atoms with Gasteiger partial charge in [0, 0.05) is 6.54 Å². The summed E-state index contributed by atoms with van der Waals surface area (Å²) in [6.45, 7) is 2.13. The largest absolute Gasteiger partial charge is 0.493 e. The number of nitrogens with one attached hydrogen (secondary N) is 1. The molecule has 0 aliphatic carbocycles. The second-order valence-corrected chi connectivity index (χ2v) is 4.67. The highest BCUT2D eigenvalue weighted by molar-refractivity contribution is 5.94. The van der Waals surface area contributed by atoms with Gasteiger partial charge >= 0.3 is 0 Å². The summed E-state index contributed by atoms with van der Waals surface area (Å²) in [5.74, 6) is 1.01. The molecule has 1 atom stereocenters. The van der Waals surface area contributed by atoms with Gasteiger partial charge in [-0.15, -0.1) is 0 Å². The first-order chi connectivity index (χ1) is 9.55. The molecular formula is C14H18N2O4. The maximum absolute atomic E-state index is 12.0. The number of ether oxygens (including phenoxy) is 2. The molecule has 2 rings (SSSR count). The average Bonchev–Trinajstić information content (AvgIpc) is 2.44. The Hall–Kier alpha value is -2.24. The van der Waals surface area contributed by atoms with E-state index in [0.717, 1.165) is 5.56 Å². The number of piperazine rings is 1. The minimum atomic E-state index is -0.476. The van der Waals surface area contributed by atoms with Crippen molar-refractivity contribution in [2.45, 2.75) is 19.5 Å². The Labute approximate surface area is 117 Å². The van der Waals surface area contributed by atoms with E-state index in [1.165, 1.54) is 4.90 Å². The summed E-state index contributed by atoms with van der Waals surface area (Å²) in [4.78, 5) is 25.0. The first-order valence-electron chi connectivity index (χ1n) is 6.34. The third-order valence-corrected chi connectivity index (χ3v) is 3.22. The zero-order valence-electron chi connectivity index (χ0n) is 11.8. The number of hydrogen-bond donors (Lipinski definition) is 1. The van der Waals surface area contributed by atoms with Crippen LogP contribution in [-0.4, -0.2) is 43.5 Å². The molecule has 1 unspecified atom stereocenters. The number of rotatable bonds is 4. The third kappa shape index (κ3) is 2.84. The number of carbonyl (C=O) groups is 2. The van der Waals surface area contributed by atoms with E-state index in [1.54, 1.807) is 27.2 Å². The fourth-order valence-corrected chi connectivity index (χ4v) is 2.21. The van der Waals surface area contributed by atoms with E-state index in [-0.39, 0.29) is 18.4 Å². The van der Waals surface area contributed by atoms with Gasteiger partial charge in [-0.05, 0) is 24.6 Å². The average molecular weight is 278 g/mol. The molecule has 6 heteroatoms. The van der Waals surface area contributed by atoms with E-state index in [2.05, 4.69) is 5.32 Å². The third-order valence-electron chi connectivity index (χ3n) is 3.22. The van der Waals surface area contributed by atoms with Crippen LogP contribution >= 0.6 is 0 Å². The van der Waals surface area contributed by atoms with E-state index < -0.39 is 6.04 Å². The minimum Gasteiger partial charge on any atom is -0.493 e. The highest BCUT2D eigenvalue weighted by atomic mass is 16.5. The molecule has 0 saturated carbocycles. The Bertz CT molecular complexity index is 530. The topological polar surface area (TPSA) is 67.9 Å². The van der Waals surface area contributed by atoms with Crippen LogP contribution in [0.1, 0.15) is 12.5 Å². The predicted octanol–water partition coefficient (Wildman–Crippen LogP) is 0.551. The zero-order chi connectivity index (χ0) is 14.7. The smallest absolute Gasteiger partial charge is 0.245 e. The van der Waals surface area contributed by atoms with Crippen LogP contribution in [0.4, 0.5) is 0 Å². The fourth-order valence-electron chi connectivity index (χ4n) is 2.21. The van der Waals surface area contributed by atoms with Gasteiger partial charge in [0.25, 0.3) is 0 Å². The Morgan fingerprint density at radius 2 is 1.95 bits per heavy atom. The molecule has 0 bridgehead atoms. The van der Waals surface area contributed by atoms with Crippen molar-refractivity contribution in [2.75, 3.05) is 20.8 Å². The molecule has 1 aliphatic rings. The SMILES string of the molecule is COc1ccc(CN2CC(=O)NC(C)C2=O)cc1OC. The van der Waals surface area contributed by atoms with Crippen molar-refractivity contribution in [2.24, 2.45) is 0 Å². The lowest BCUT2D eigenvalue weighted by Crippen LogP contribution is -2.56. The van der Waals surface area contributed by atoms with Crippen molar-refractivity contribution in [3.8, 4) is 11.5 Å². The van der Waals surface area contributed by atoms with Crippen molar-refractivity contribution in [1.82, 2.24) is 10.2 Å². The van der Waals surface area contributed by atoms with Gasteiger partial charge in [-0.3, -0.25) is 9.59 Å². The van der Waals surface area contributed by atoms with Crippen LogP contribution in [0.3, 0.4) is 0 Å². The molecule has 0 aromatic heterocycles. The number of nitrogens with zero attached hydrogens (tertiary/aromatic N) is 1. The van der Waals surface area contributed by atoms with E-state index in [0.29, 0.717) is 18.0 Å². The van der Waals surface area contributed by atoms with E-state index >= 15 is 0 Å². The lowest BCUT2D eigenvalue weighted by atomic mass is 10.1. The van der Waals surface area contributed by atoms with Crippen LogP contribution in [-0.2, 0) is 16.1 Å². The first kappa shape index (κ1) is 14.2. The Morgan fingerprint density at radius 3 is 2.60 bits per heavy atom. The standard InChI is InChI=1S/C14H18N2O4/c1-9-14(18)16(8-13(17)15-9)7-10-4-5-11(19-2)12(6-10)20-3/h4-6,9H,7-8H2,1-3H3,(H,15,17). The van der Waals surface area contributed by atoms with Gasteiger partial charge in [0.1, 0.15) is 6.04 Å². The highest BCUT2D eigenvalue weighted by Gasteiger charge is 2.29. The van der Waals surface area contributed by atoms with E-state index in [4.69, 9.17) is 9.47 Å². The minimum absolute atomic E-state index is 0.0809. The van der Waals surface area contributed by atoms with Crippen molar-refractivity contribution >= 4 is 11.8 Å². The lowest BCUT2D eigenvalue weighted by molar-refractivity contribution is -0.144. The maximum atomic E-state index is 12.0. The highest BCUT2D eigenvalue weighted by Crippen LogP contribution is 2.28.